The molecule has 0 saturated heterocycles. The highest BCUT2D eigenvalue weighted by atomic mass is 32.2. The zero-order valence-electron chi connectivity index (χ0n) is 15.9. The number of non-ortho nitro benzene ring substituents is 2. The van der Waals surface area contributed by atoms with E-state index in [9.17, 15) is 28.6 Å². The zero-order valence-corrected chi connectivity index (χ0v) is 16.7. The van der Waals surface area contributed by atoms with E-state index >= 15 is 0 Å². The van der Waals surface area contributed by atoms with Crippen molar-refractivity contribution in [1.82, 2.24) is 0 Å². The molecule has 10 heteroatoms. The molecule has 0 aliphatic rings. The van der Waals surface area contributed by atoms with Crippen LogP contribution in [0.25, 0.3) is 0 Å². The quantitative estimate of drug-likeness (QED) is 0.322. The van der Waals surface area contributed by atoms with Gasteiger partial charge in [-0.25, -0.2) is 0 Å². The van der Waals surface area contributed by atoms with Crippen molar-refractivity contribution in [3.8, 4) is 0 Å². The molecule has 0 aliphatic heterocycles. The highest BCUT2D eigenvalue weighted by Gasteiger charge is 2.17. The molecule has 0 spiro atoms. The maximum atomic E-state index is 12.0. The minimum absolute atomic E-state index is 0.0531. The molecule has 3 rings (SSSR count). The summed E-state index contributed by atoms with van der Waals surface area (Å²) in [7, 11) is -3.69. The van der Waals surface area contributed by atoms with Gasteiger partial charge in [0.1, 0.15) is 0 Å². The Morgan fingerprint density at radius 1 is 0.800 bits per heavy atom. The smallest absolute Gasteiger partial charge is 0.262 e. The summed E-state index contributed by atoms with van der Waals surface area (Å²) in [4.78, 5) is 19.2. The lowest BCUT2D eigenvalue weighted by atomic mass is 10.2. The first-order chi connectivity index (χ1) is 14.2. The van der Waals surface area contributed by atoms with Gasteiger partial charge in [0.2, 0.25) is 0 Å². The molecule has 0 aliphatic carbocycles. The molecule has 0 heterocycles. The van der Waals surface area contributed by atoms with E-state index in [0.717, 1.165) is 11.6 Å². The molecular weight excluding hydrogens is 412 g/mol. The van der Waals surface area contributed by atoms with Crippen molar-refractivity contribution in [2.75, 3.05) is 0 Å². The minimum atomic E-state index is -3.69. The summed E-state index contributed by atoms with van der Waals surface area (Å²) in [6.07, 6.45) is 0. The second kappa shape index (κ2) is 10.2. The summed E-state index contributed by atoms with van der Waals surface area (Å²) in [5.74, 6) is 0. The van der Waals surface area contributed by atoms with Crippen LogP contribution in [0, 0.1) is 27.2 Å². The molecule has 0 bridgehead atoms. The molecule has 0 aromatic heterocycles. The van der Waals surface area contributed by atoms with E-state index in [1.54, 1.807) is 31.2 Å². The molecule has 9 nitrogen and oxygen atoms in total. The number of rotatable bonds is 6. The lowest BCUT2D eigenvalue weighted by molar-refractivity contribution is -0.394. The number of hydrogen-bond acceptors (Lipinski definition) is 7. The standard InChI is InChI=1S/C14H14O3S.C6H4N2O4/c1-12-7-5-6-10-14(12)18(15,16)17-11-13-8-3-2-4-9-13;9-7(10)5-2-1-3-6(4-5)8(11)12/h2-10H,11H2,1H3;1-4H. The number of hydrogen-bond donors (Lipinski definition) is 0. The van der Waals surface area contributed by atoms with Crippen LogP contribution >= 0.6 is 0 Å². The van der Waals surface area contributed by atoms with E-state index < -0.39 is 20.0 Å². The summed E-state index contributed by atoms with van der Waals surface area (Å²) in [5, 5.41) is 20.3. The van der Waals surface area contributed by atoms with Gasteiger partial charge in [0.15, 0.2) is 0 Å². The van der Waals surface area contributed by atoms with Crippen molar-refractivity contribution in [1.29, 1.82) is 0 Å². The Bertz CT molecular complexity index is 1100. The van der Waals surface area contributed by atoms with Gasteiger partial charge in [-0.05, 0) is 30.2 Å². The van der Waals surface area contributed by atoms with E-state index in [4.69, 9.17) is 4.18 Å². The van der Waals surface area contributed by atoms with Gasteiger partial charge in [-0.3, -0.25) is 24.4 Å². The Morgan fingerprint density at radius 3 is 1.87 bits per heavy atom. The number of nitro groups is 2. The van der Waals surface area contributed by atoms with Crippen LogP contribution in [0.4, 0.5) is 11.4 Å². The predicted molar refractivity (Wildman–Crippen MR) is 109 cm³/mol. The van der Waals surface area contributed by atoms with Crippen LogP contribution < -0.4 is 0 Å². The molecule has 0 radical (unpaired) electrons. The number of benzene rings is 3. The Morgan fingerprint density at radius 2 is 1.33 bits per heavy atom. The molecule has 3 aromatic carbocycles. The van der Waals surface area contributed by atoms with Gasteiger partial charge < -0.3 is 0 Å². The maximum absolute atomic E-state index is 12.0. The van der Waals surface area contributed by atoms with E-state index in [2.05, 4.69) is 0 Å². The molecule has 0 amide bonds. The minimum Gasteiger partial charge on any atom is -0.262 e. The first-order valence-corrected chi connectivity index (χ1v) is 9.99. The SMILES string of the molecule is Cc1ccccc1S(=O)(=O)OCc1ccccc1.O=[N+]([O-])c1cccc([N+](=O)[O-])c1. The van der Waals surface area contributed by atoms with Crippen LogP contribution in [0.5, 0.6) is 0 Å². The van der Waals surface area contributed by atoms with Crippen LogP contribution in [-0.2, 0) is 20.9 Å². The summed E-state index contributed by atoms with van der Waals surface area (Å²) in [6, 6.07) is 20.6. The third-order valence-electron chi connectivity index (χ3n) is 3.84. The maximum Gasteiger partial charge on any atom is 0.297 e. The largest absolute Gasteiger partial charge is 0.297 e. The van der Waals surface area contributed by atoms with Gasteiger partial charge in [-0.1, -0.05) is 48.5 Å². The van der Waals surface area contributed by atoms with E-state index in [1.165, 1.54) is 18.2 Å². The molecule has 156 valence electrons. The average molecular weight is 430 g/mol. The van der Waals surface area contributed by atoms with Crippen molar-refractivity contribution < 1.29 is 22.4 Å². The fourth-order valence-electron chi connectivity index (χ4n) is 2.34. The fourth-order valence-corrected chi connectivity index (χ4v) is 3.47. The van der Waals surface area contributed by atoms with E-state index in [1.807, 2.05) is 30.3 Å². The van der Waals surface area contributed by atoms with Gasteiger partial charge >= 0.3 is 0 Å². The van der Waals surface area contributed by atoms with Gasteiger partial charge in [0.05, 0.1) is 27.4 Å². The summed E-state index contributed by atoms with van der Waals surface area (Å²) >= 11 is 0. The normalized spacial score (nSPS) is 10.6. The Labute approximate surface area is 173 Å². The van der Waals surface area contributed by atoms with Gasteiger partial charge in [-0.2, -0.15) is 8.42 Å². The number of nitro benzene ring substituents is 2. The highest BCUT2D eigenvalue weighted by Crippen LogP contribution is 2.19. The predicted octanol–water partition coefficient (Wildman–Crippen LogP) is 4.40. The van der Waals surface area contributed by atoms with Crippen molar-refractivity contribution in [3.63, 3.8) is 0 Å². The molecule has 0 atom stereocenters. The lowest BCUT2D eigenvalue weighted by Gasteiger charge is -2.07. The molecule has 30 heavy (non-hydrogen) atoms. The molecule has 0 fully saturated rings. The molecular formula is C20H18N2O7S. The topological polar surface area (TPSA) is 130 Å². The van der Waals surface area contributed by atoms with Crippen molar-refractivity contribution in [2.45, 2.75) is 18.4 Å². The Kier molecular flexibility index (Phi) is 7.73. The Balaban J connectivity index is 0.000000232. The monoisotopic (exact) mass is 430 g/mol. The first kappa shape index (κ1) is 22.7. The first-order valence-electron chi connectivity index (χ1n) is 8.58. The molecule has 0 N–H and O–H groups in total. The molecule has 0 saturated carbocycles. The zero-order chi connectivity index (χ0) is 22.1. The highest BCUT2D eigenvalue weighted by molar-refractivity contribution is 7.86. The van der Waals surface area contributed by atoms with Crippen LogP contribution in [0.3, 0.4) is 0 Å². The van der Waals surface area contributed by atoms with Crippen molar-refractivity contribution in [2.24, 2.45) is 0 Å². The van der Waals surface area contributed by atoms with Gasteiger partial charge in [0.25, 0.3) is 21.5 Å². The van der Waals surface area contributed by atoms with E-state index in [0.29, 0.717) is 5.56 Å². The summed E-state index contributed by atoms with van der Waals surface area (Å²) in [6.45, 7) is 1.80. The lowest BCUT2D eigenvalue weighted by Crippen LogP contribution is -2.08. The van der Waals surface area contributed by atoms with Crippen LogP contribution in [0.1, 0.15) is 11.1 Å². The van der Waals surface area contributed by atoms with Gasteiger partial charge in [0, 0.05) is 12.1 Å². The molecule has 0 unspecified atom stereocenters. The second-order valence-electron chi connectivity index (χ2n) is 6.00. The van der Waals surface area contributed by atoms with Crippen LogP contribution in [-0.4, -0.2) is 18.3 Å². The van der Waals surface area contributed by atoms with Crippen LogP contribution in [0.2, 0.25) is 0 Å². The van der Waals surface area contributed by atoms with E-state index in [-0.39, 0.29) is 22.9 Å². The fraction of sp³-hybridized carbons (Fsp3) is 0.100. The number of nitrogens with zero attached hydrogens (tertiary/aromatic N) is 2. The third kappa shape index (κ3) is 6.47. The van der Waals surface area contributed by atoms with Crippen LogP contribution in [0.15, 0.2) is 83.8 Å². The average Bonchev–Trinajstić information content (AvgIpc) is 2.74. The number of aryl methyl sites for hydroxylation is 1. The second-order valence-corrected chi connectivity index (χ2v) is 7.59. The van der Waals surface area contributed by atoms with Gasteiger partial charge in [-0.15, -0.1) is 0 Å². The van der Waals surface area contributed by atoms with Crippen molar-refractivity contribution in [3.05, 3.63) is 110 Å². The molecule has 3 aromatic rings. The summed E-state index contributed by atoms with van der Waals surface area (Å²) < 4.78 is 29.1. The Hall–Kier alpha value is -3.63. The van der Waals surface area contributed by atoms with Crippen molar-refractivity contribution >= 4 is 21.5 Å². The summed E-state index contributed by atoms with van der Waals surface area (Å²) in [5.41, 5.74) is 0.966. The third-order valence-corrected chi connectivity index (χ3v) is 5.26.